The molecular weight excluding hydrogens is 164 g/mol. The van der Waals surface area contributed by atoms with Crippen LogP contribution in [0.1, 0.15) is 25.7 Å². The highest BCUT2D eigenvalue weighted by molar-refractivity contribution is 5.03. The molecule has 0 aromatic heterocycles. The van der Waals surface area contributed by atoms with Crippen LogP contribution >= 0.6 is 0 Å². The summed E-state index contributed by atoms with van der Waals surface area (Å²) in [5.74, 6) is 0. The van der Waals surface area contributed by atoms with E-state index in [2.05, 4.69) is 4.90 Å². The van der Waals surface area contributed by atoms with Gasteiger partial charge in [-0.2, -0.15) is 0 Å². The zero-order chi connectivity index (χ0) is 9.31. The quantitative estimate of drug-likeness (QED) is 0.656. The first kappa shape index (κ1) is 9.44. The third-order valence-corrected chi connectivity index (χ3v) is 3.06. The highest BCUT2D eigenvalue weighted by Gasteiger charge is 2.42. The highest BCUT2D eigenvalue weighted by atomic mass is 16.5. The Hall–Kier alpha value is -0.120. The Morgan fingerprint density at radius 3 is 2.62 bits per heavy atom. The van der Waals surface area contributed by atoms with E-state index in [0.29, 0.717) is 0 Å². The lowest BCUT2D eigenvalue weighted by Gasteiger charge is -2.24. The zero-order valence-electron chi connectivity index (χ0n) is 8.46. The number of methoxy groups -OCH3 is 1. The van der Waals surface area contributed by atoms with Crippen molar-refractivity contribution in [1.82, 2.24) is 4.90 Å². The van der Waals surface area contributed by atoms with E-state index in [-0.39, 0.29) is 5.54 Å². The molecule has 0 atom stereocenters. The molecule has 0 bridgehead atoms. The van der Waals surface area contributed by atoms with Gasteiger partial charge in [0.15, 0.2) is 0 Å². The molecule has 0 amide bonds. The van der Waals surface area contributed by atoms with Crippen LogP contribution in [0.25, 0.3) is 0 Å². The van der Waals surface area contributed by atoms with Gasteiger partial charge in [0, 0.05) is 31.8 Å². The van der Waals surface area contributed by atoms with Crippen molar-refractivity contribution in [2.45, 2.75) is 37.3 Å². The number of nitrogens with two attached hydrogens (primary N) is 1. The summed E-state index contributed by atoms with van der Waals surface area (Å²) in [6.07, 6.45) is 5.14. The van der Waals surface area contributed by atoms with Gasteiger partial charge in [-0.3, -0.25) is 4.90 Å². The molecule has 3 heteroatoms. The van der Waals surface area contributed by atoms with Gasteiger partial charge in [-0.05, 0) is 25.7 Å². The maximum atomic E-state index is 6.10. The molecule has 0 aliphatic heterocycles. The third kappa shape index (κ3) is 2.66. The molecule has 0 heterocycles. The van der Waals surface area contributed by atoms with E-state index in [9.17, 15) is 0 Å². The lowest BCUT2D eigenvalue weighted by atomic mass is 10.2. The van der Waals surface area contributed by atoms with Gasteiger partial charge in [-0.25, -0.2) is 0 Å². The Bertz CT molecular complexity index is 176. The van der Waals surface area contributed by atoms with Crippen LogP contribution in [0.15, 0.2) is 0 Å². The van der Waals surface area contributed by atoms with Crippen LogP contribution in [0.5, 0.6) is 0 Å². The van der Waals surface area contributed by atoms with E-state index in [1.54, 1.807) is 7.11 Å². The molecule has 0 unspecified atom stereocenters. The van der Waals surface area contributed by atoms with Gasteiger partial charge in [0.05, 0.1) is 6.61 Å². The minimum atomic E-state index is 0.163. The molecule has 2 saturated carbocycles. The number of ether oxygens (including phenoxy) is 1. The summed E-state index contributed by atoms with van der Waals surface area (Å²) in [7, 11) is 1.76. The average molecular weight is 184 g/mol. The van der Waals surface area contributed by atoms with Crippen LogP contribution < -0.4 is 5.73 Å². The normalized spacial score (nSPS) is 25.2. The first-order valence-electron chi connectivity index (χ1n) is 5.25. The molecule has 3 nitrogen and oxygen atoms in total. The van der Waals surface area contributed by atoms with Gasteiger partial charge in [-0.15, -0.1) is 0 Å². The second-order valence-electron chi connectivity index (χ2n) is 4.56. The van der Waals surface area contributed by atoms with Crippen molar-refractivity contribution in [3.8, 4) is 0 Å². The van der Waals surface area contributed by atoms with Crippen molar-refractivity contribution < 1.29 is 4.74 Å². The fourth-order valence-corrected chi connectivity index (χ4v) is 1.76. The van der Waals surface area contributed by atoms with Crippen molar-refractivity contribution in [2.24, 2.45) is 5.73 Å². The van der Waals surface area contributed by atoms with E-state index < -0.39 is 0 Å². The minimum Gasteiger partial charge on any atom is -0.383 e. The SMILES string of the molecule is COCCN(CC1(N)CC1)C1CC1. The molecule has 2 aliphatic carbocycles. The van der Waals surface area contributed by atoms with Crippen LogP contribution in [-0.4, -0.2) is 43.3 Å². The van der Waals surface area contributed by atoms with Crippen molar-refractivity contribution >= 4 is 0 Å². The van der Waals surface area contributed by atoms with Crippen LogP contribution in [0.3, 0.4) is 0 Å². The van der Waals surface area contributed by atoms with Gasteiger partial charge < -0.3 is 10.5 Å². The molecule has 76 valence electrons. The van der Waals surface area contributed by atoms with Crippen LogP contribution in [0, 0.1) is 0 Å². The third-order valence-electron chi connectivity index (χ3n) is 3.06. The largest absolute Gasteiger partial charge is 0.383 e. The fraction of sp³-hybridized carbons (Fsp3) is 1.00. The molecular formula is C10H20N2O. The number of hydrogen-bond acceptors (Lipinski definition) is 3. The summed E-state index contributed by atoms with van der Waals surface area (Å²) < 4.78 is 5.10. The Balaban J connectivity index is 1.75. The first-order valence-corrected chi connectivity index (χ1v) is 5.25. The summed E-state index contributed by atoms with van der Waals surface area (Å²) in [5, 5.41) is 0. The lowest BCUT2D eigenvalue weighted by molar-refractivity contribution is 0.137. The Labute approximate surface area is 80.2 Å². The number of rotatable bonds is 6. The molecule has 2 rings (SSSR count). The molecule has 0 spiro atoms. The second kappa shape index (κ2) is 3.56. The topological polar surface area (TPSA) is 38.5 Å². The van der Waals surface area contributed by atoms with Crippen LogP contribution in [-0.2, 0) is 4.74 Å². The second-order valence-corrected chi connectivity index (χ2v) is 4.56. The average Bonchev–Trinajstić information content (AvgIpc) is 2.94. The summed E-state index contributed by atoms with van der Waals surface area (Å²) >= 11 is 0. The highest BCUT2D eigenvalue weighted by Crippen LogP contribution is 2.36. The van der Waals surface area contributed by atoms with Crippen LogP contribution in [0.2, 0.25) is 0 Å². The molecule has 0 radical (unpaired) electrons. The van der Waals surface area contributed by atoms with Gasteiger partial charge in [-0.1, -0.05) is 0 Å². The van der Waals surface area contributed by atoms with E-state index >= 15 is 0 Å². The van der Waals surface area contributed by atoms with Gasteiger partial charge >= 0.3 is 0 Å². The number of nitrogens with zero attached hydrogens (tertiary/aromatic N) is 1. The fourth-order valence-electron chi connectivity index (χ4n) is 1.76. The van der Waals surface area contributed by atoms with Gasteiger partial charge in [0.2, 0.25) is 0 Å². The molecule has 0 aromatic rings. The van der Waals surface area contributed by atoms with E-state index in [1.165, 1.54) is 25.7 Å². The molecule has 0 aromatic carbocycles. The molecule has 13 heavy (non-hydrogen) atoms. The summed E-state index contributed by atoms with van der Waals surface area (Å²) in [6, 6.07) is 0.816. The van der Waals surface area contributed by atoms with Crippen molar-refractivity contribution in [3.63, 3.8) is 0 Å². The Morgan fingerprint density at radius 1 is 1.46 bits per heavy atom. The Kier molecular flexibility index (Phi) is 2.58. The molecule has 0 saturated heterocycles. The standard InChI is InChI=1S/C10H20N2O/c1-13-7-6-12(9-2-3-9)8-10(11)4-5-10/h9H,2-8,11H2,1H3. The monoisotopic (exact) mass is 184 g/mol. The summed E-state index contributed by atoms with van der Waals surface area (Å²) in [6.45, 7) is 2.98. The van der Waals surface area contributed by atoms with E-state index in [4.69, 9.17) is 10.5 Å². The van der Waals surface area contributed by atoms with Gasteiger partial charge in [0.25, 0.3) is 0 Å². The predicted molar refractivity (Wildman–Crippen MR) is 52.6 cm³/mol. The summed E-state index contributed by atoms with van der Waals surface area (Å²) in [5.41, 5.74) is 6.27. The smallest absolute Gasteiger partial charge is 0.0589 e. The van der Waals surface area contributed by atoms with E-state index in [1.807, 2.05) is 0 Å². The van der Waals surface area contributed by atoms with Crippen molar-refractivity contribution in [3.05, 3.63) is 0 Å². The van der Waals surface area contributed by atoms with Crippen molar-refractivity contribution in [2.75, 3.05) is 26.8 Å². The van der Waals surface area contributed by atoms with E-state index in [0.717, 1.165) is 25.7 Å². The zero-order valence-corrected chi connectivity index (χ0v) is 8.46. The number of hydrogen-bond donors (Lipinski definition) is 1. The summed E-state index contributed by atoms with van der Waals surface area (Å²) in [4.78, 5) is 2.51. The lowest BCUT2D eigenvalue weighted by Crippen LogP contribution is -2.42. The maximum absolute atomic E-state index is 6.10. The molecule has 2 aliphatic rings. The van der Waals surface area contributed by atoms with Crippen LogP contribution in [0.4, 0.5) is 0 Å². The molecule has 2 fully saturated rings. The van der Waals surface area contributed by atoms with Gasteiger partial charge in [0.1, 0.15) is 0 Å². The Morgan fingerprint density at radius 2 is 2.15 bits per heavy atom. The maximum Gasteiger partial charge on any atom is 0.0589 e. The first-order chi connectivity index (χ1) is 6.23. The minimum absolute atomic E-state index is 0.163. The van der Waals surface area contributed by atoms with Crippen molar-refractivity contribution in [1.29, 1.82) is 0 Å². The predicted octanol–water partition coefficient (Wildman–Crippen LogP) is 0.588. The molecule has 2 N–H and O–H groups in total.